The van der Waals surface area contributed by atoms with Gasteiger partial charge in [-0.3, -0.25) is 9.78 Å². The predicted molar refractivity (Wildman–Crippen MR) is 103 cm³/mol. The molecule has 1 aliphatic heterocycles. The Morgan fingerprint density at radius 3 is 2.89 bits per heavy atom. The lowest BCUT2D eigenvalue weighted by Gasteiger charge is -2.28. The molecule has 27 heavy (non-hydrogen) atoms. The first-order valence-corrected chi connectivity index (χ1v) is 10.8. The van der Waals surface area contributed by atoms with Crippen molar-refractivity contribution in [3.05, 3.63) is 35.5 Å². The molecule has 1 atom stereocenters. The molecule has 0 unspecified atom stereocenters. The van der Waals surface area contributed by atoms with Crippen molar-refractivity contribution in [1.82, 2.24) is 9.88 Å². The number of fused-ring (bicyclic) bond motifs is 1. The summed E-state index contributed by atoms with van der Waals surface area (Å²) in [5.74, 6) is 0.247. The van der Waals surface area contributed by atoms with E-state index in [2.05, 4.69) is 4.98 Å². The molecule has 0 radical (unpaired) electrons. The summed E-state index contributed by atoms with van der Waals surface area (Å²) >= 11 is 6.17. The van der Waals surface area contributed by atoms with Gasteiger partial charge < -0.3 is 14.4 Å². The molecule has 1 aliphatic rings. The van der Waals surface area contributed by atoms with Crippen LogP contribution in [0, 0.1) is 0 Å². The minimum absolute atomic E-state index is 0.0200. The number of aromatic nitrogens is 1. The molecule has 1 amide bonds. The number of benzene rings is 1. The Morgan fingerprint density at radius 2 is 2.19 bits per heavy atom. The number of rotatable bonds is 7. The molecule has 0 aliphatic carbocycles. The predicted octanol–water partition coefficient (Wildman–Crippen LogP) is 1.93. The van der Waals surface area contributed by atoms with Gasteiger partial charge in [-0.05, 0) is 30.7 Å². The molecule has 146 valence electrons. The first kappa shape index (κ1) is 19.9. The zero-order chi connectivity index (χ0) is 19.4. The van der Waals surface area contributed by atoms with Crippen LogP contribution in [0.5, 0.6) is 5.75 Å². The Morgan fingerprint density at radius 1 is 1.37 bits per heavy atom. The number of carbonyl (C=O) groups is 1. The van der Waals surface area contributed by atoms with Crippen LogP contribution in [0.25, 0.3) is 10.9 Å². The molecule has 0 bridgehead atoms. The highest BCUT2D eigenvalue weighted by Gasteiger charge is 2.34. The highest BCUT2D eigenvalue weighted by atomic mass is 35.5. The second-order valence-corrected chi connectivity index (χ2v) is 9.01. The number of halogens is 1. The number of ether oxygens (including phenoxy) is 2. The lowest BCUT2D eigenvalue weighted by molar-refractivity contribution is -0.135. The Kier molecular flexibility index (Phi) is 6.18. The van der Waals surface area contributed by atoms with Crippen LogP contribution in [0.1, 0.15) is 6.42 Å². The fourth-order valence-electron chi connectivity index (χ4n) is 3.17. The zero-order valence-electron chi connectivity index (χ0n) is 14.9. The van der Waals surface area contributed by atoms with E-state index in [9.17, 15) is 13.2 Å². The van der Waals surface area contributed by atoms with Crippen molar-refractivity contribution < 1.29 is 22.7 Å². The number of hydrogen-bond donors (Lipinski definition) is 0. The Bertz CT molecular complexity index is 934. The monoisotopic (exact) mass is 412 g/mol. The van der Waals surface area contributed by atoms with Crippen molar-refractivity contribution in [2.45, 2.75) is 12.5 Å². The first-order chi connectivity index (χ1) is 12.9. The number of pyridine rings is 1. The second kappa shape index (κ2) is 8.41. The number of carbonyl (C=O) groups excluding carboxylic acids is 1. The standard InChI is InChI=1S/C18H21ClN2O5S/c1-25-9-8-21(13-6-10-27(23,24)12-13)17(22)11-26-16-5-4-15(19)14-3-2-7-20-18(14)16/h2-5,7,13H,6,8-12H2,1H3/t13-/m0/s1. The van der Waals surface area contributed by atoms with Gasteiger partial charge in [0, 0.05) is 31.3 Å². The van der Waals surface area contributed by atoms with E-state index < -0.39 is 9.84 Å². The summed E-state index contributed by atoms with van der Waals surface area (Å²) in [7, 11) is -1.56. The van der Waals surface area contributed by atoms with Gasteiger partial charge in [-0.15, -0.1) is 0 Å². The Balaban J connectivity index is 1.74. The van der Waals surface area contributed by atoms with E-state index in [0.29, 0.717) is 35.9 Å². The molecule has 7 nitrogen and oxygen atoms in total. The smallest absolute Gasteiger partial charge is 0.260 e. The first-order valence-electron chi connectivity index (χ1n) is 8.56. The summed E-state index contributed by atoms with van der Waals surface area (Å²) in [5, 5.41) is 1.29. The van der Waals surface area contributed by atoms with E-state index in [0.717, 1.165) is 5.39 Å². The third-order valence-electron chi connectivity index (χ3n) is 4.54. The lowest BCUT2D eigenvalue weighted by atomic mass is 10.2. The van der Waals surface area contributed by atoms with Gasteiger partial charge in [-0.2, -0.15) is 0 Å². The van der Waals surface area contributed by atoms with Gasteiger partial charge in [-0.1, -0.05) is 11.6 Å². The summed E-state index contributed by atoms with van der Waals surface area (Å²) in [4.78, 5) is 18.5. The van der Waals surface area contributed by atoms with Gasteiger partial charge >= 0.3 is 0 Å². The molecule has 0 saturated carbocycles. The summed E-state index contributed by atoms with van der Waals surface area (Å²) in [6.07, 6.45) is 2.06. The van der Waals surface area contributed by atoms with Crippen LogP contribution in [-0.2, 0) is 19.4 Å². The second-order valence-electron chi connectivity index (χ2n) is 6.37. The molecule has 1 saturated heterocycles. The Labute approximate surface area is 163 Å². The molecule has 9 heteroatoms. The maximum absolute atomic E-state index is 12.7. The van der Waals surface area contributed by atoms with Gasteiger partial charge in [0.2, 0.25) is 0 Å². The molecule has 2 heterocycles. The average molecular weight is 413 g/mol. The van der Waals surface area contributed by atoms with E-state index in [1.165, 1.54) is 7.11 Å². The molecule has 3 rings (SSSR count). The maximum atomic E-state index is 12.7. The quantitative estimate of drug-likeness (QED) is 0.690. The summed E-state index contributed by atoms with van der Waals surface area (Å²) in [6.45, 7) is 0.430. The fourth-order valence-corrected chi connectivity index (χ4v) is 5.12. The largest absolute Gasteiger partial charge is 0.481 e. The van der Waals surface area contributed by atoms with Crippen LogP contribution in [-0.4, -0.2) is 68.6 Å². The van der Waals surface area contributed by atoms with Crippen molar-refractivity contribution >= 4 is 38.2 Å². The third-order valence-corrected chi connectivity index (χ3v) is 6.62. The van der Waals surface area contributed by atoms with Crippen molar-refractivity contribution in [3.8, 4) is 5.75 Å². The number of sulfone groups is 1. The molecule has 1 aromatic heterocycles. The highest BCUT2D eigenvalue weighted by Crippen LogP contribution is 2.29. The molecule has 2 aromatic rings. The van der Waals surface area contributed by atoms with Crippen LogP contribution in [0.15, 0.2) is 30.5 Å². The molecule has 1 fully saturated rings. The third kappa shape index (κ3) is 4.69. The highest BCUT2D eigenvalue weighted by molar-refractivity contribution is 7.91. The molecule has 0 spiro atoms. The molecule has 0 N–H and O–H groups in total. The van der Waals surface area contributed by atoms with Crippen LogP contribution < -0.4 is 4.74 Å². The molecule has 1 aromatic carbocycles. The van der Waals surface area contributed by atoms with Crippen molar-refractivity contribution in [2.75, 3.05) is 38.4 Å². The summed E-state index contributed by atoms with van der Waals surface area (Å²) in [6, 6.07) is 6.62. The zero-order valence-corrected chi connectivity index (χ0v) is 16.5. The number of methoxy groups -OCH3 is 1. The molecular weight excluding hydrogens is 392 g/mol. The topological polar surface area (TPSA) is 85.8 Å². The van der Waals surface area contributed by atoms with E-state index in [1.807, 2.05) is 6.07 Å². The SMILES string of the molecule is COCCN(C(=O)COc1ccc(Cl)c2cccnc12)[C@H]1CCS(=O)(=O)C1. The van der Waals surface area contributed by atoms with Crippen LogP contribution in [0.3, 0.4) is 0 Å². The van der Waals surface area contributed by atoms with Gasteiger partial charge in [0.15, 0.2) is 16.4 Å². The van der Waals surface area contributed by atoms with Crippen LogP contribution in [0.2, 0.25) is 5.02 Å². The van der Waals surface area contributed by atoms with E-state index in [1.54, 1.807) is 29.3 Å². The molecular formula is C18H21ClN2O5S. The lowest BCUT2D eigenvalue weighted by Crippen LogP contribution is -2.45. The number of hydrogen-bond acceptors (Lipinski definition) is 6. The van der Waals surface area contributed by atoms with Crippen LogP contribution in [0.4, 0.5) is 0 Å². The van der Waals surface area contributed by atoms with E-state index in [4.69, 9.17) is 21.1 Å². The van der Waals surface area contributed by atoms with Crippen molar-refractivity contribution in [2.24, 2.45) is 0 Å². The van der Waals surface area contributed by atoms with E-state index >= 15 is 0 Å². The normalized spacial score (nSPS) is 18.5. The summed E-state index contributed by atoms with van der Waals surface area (Å²) in [5.41, 5.74) is 0.574. The fraction of sp³-hybridized carbons (Fsp3) is 0.444. The average Bonchev–Trinajstić information content (AvgIpc) is 3.01. The minimum Gasteiger partial charge on any atom is -0.481 e. The number of amides is 1. The van der Waals surface area contributed by atoms with Crippen LogP contribution >= 0.6 is 11.6 Å². The van der Waals surface area contributed by atoms with Crippen molar-refractivity contribution in [1.29, 1.82) is 0 Å². The minimum atomic E-state index is -3.10. The summed E-state index contributed by atoms with van der Waals surface area (Å²) < 4.78 is 34.3. The van der Waals surface area contributed by atoms with E-state index in [-0.39, 0.29) is 30.1 Å². The van der Waals surface area contributed by atoms with Crippen molar-refractivity contribution in [3.63, 3.8) is 0 Å². The van der Waals surface area contributed by atoms with Gasteiger partial charge in [-0.25, -0.2) is 8.42 Å². The maximum Gasteiger partial charge on any atom is 0.260 e. The number of nitrogens with zero attached hydrogens (tertiary/aromatic N) is 2. The van der Waals surface area contributed by atoms with Gasteiger partial charge in [0.1, 0.15) is 11.3 Å². The van der Waals surface area contributed by atoms with Gasteiger partial charge in [0.05, 0.1) is 23.1 Å². The van der Waals surface area contributed by atoms with Gasteiger partial charge in [0.25, 0.3) is 5.91 Å². The Hall–Kier alpha value is -1.90.